The summed E-state index contributed by atoms with van der Waals surface area (Å²) < 4.78 is 7.27. The minimum Gasteiger partial charge on any atom is -0.378 e. The van der Waals surface area contributed by atoms with Crippen LogP contribution in [-0.4, -0.2) is 40.8 Å². The van der Waals surface area contributed by atoms with Gasteiger partial charge in [-0.1, -0.05) is 0 Å². The zero-order chi connectivity index (χ0) is 14.7. The van der Waals surface area contributed by atoms with Crippen LogP contribution in [0.25, 0.3) is 11.2 Å². The molecule has 110 valence electrons. The van der Waals surface area contributed by atoms with Gasteiger partial charge >= 0.3 is 0 Å². The normalized spacial score (nSPS) is 15.1. The predicted octanol–water partition coefficient (Wildman–Crippen LogP) is 0.467. The lowest BCUT2D eigenvalue weighted by Crippen LogP contribution is -2.36. The third kappa shape index (κ3) is 2.61. The highest BCUT2D eigenvalue weighted by Gasteiger charge is 2.18. The van der Waals surface area contributed by atoms with Crippen LogP contribution < -0.4 is 16.2 Å². The van der Waals surface area contributed by atoms with E-state index >= 15 is 0 Å². The van der Waals surface area contributed by atoms with Crippen molar-refractivity contribution in [3.63, 3.8) is 0 Å². The van der Waals surface area contributed by atoms with Gasteiger partial charge in [0.05, 0.1) is 37.7 Å². The molecule has 1 aliphatic rings. The summed E-state index contributed by atoms with van der Waals surface area (Å²) in [6, 6.07) is 4.03. The molecule has 0 aromatic carbocycles. The first-order chi connectivity index (χ1) is 10.3. The number of hydrazine groups is 1. The number of nitrogens with zero attached hydrogens (tertiary/aromatic N) is 5. The number of fused-ring (bicyclic) bond motifs is 1. The smallest absolute Gasteiger partial charge is 0.164 e. The van der Waals surface area contributed by atoms with Gasteiger partial charge in [0.25, 0.3) is 0 Å². The Balaban J connectivity index is 2.05. The number of morpholine rings is 1. The first-order valence-electron chi connectivity index (χ1n) is 6.85. The van der Waals surface area contributed by atoms with Crippen molar-refractivity contribution in [3.05, 3.63) is 12.4 Å². The van der Waals surface area contributed by atoms with E-state index in [1.54, 1.807) is 6.33 Å². The summed E-state index contributed by atoms with van der Waals surface area (Å²) in [7, 11) is 0. The van der Waals surface area contributed by atoms with Crippen LogP contribution in [-0.2, 0) is 11.3 Å². The summed E-state index contributed by atoms with van der Waals surface area (Å²) in [6.07, 6.45) is 2.14. The zero-order valence-electron chi connectivity index (χ0n) is 11.6. The first kappa shape index (κ1) is 13.6. The molecule has 0 unspecified atom stereocenters. The van der Waals surface area contributed by atoms with Crippen molar-refractivity contribution >= 4 is 22.7 Å². The van der Waals surface area contributed by atoms with Crippen molar-refractivity contribution in [2.24, 2.45) is 5.84 Å². The Hall–Kier alpha value is -2.37. The Kier molecular flexibility index (Phi) is 3.85. The molecule has 0 amide bonds. The molecule has 0 radical (unpaired) electrons. The Morgan fingerprint density at radius 2 is 2.24 bits per heavy atom. The Labute approximate surface area is 122 Å². The molecular weight excluding hydrogens is 270 g/mol. The summed E-state index contributed by atoms with van der Waals surface area (Å²) in [6.45, 7) is 3.59. The van der Waals surface area contributed by atoms with Gasteiger partial charge in [0.15, 0.2) is 5.65 Å². The Morgan fingerprint density at radius 1 is 1.43 bits per heavy atom. The molecule has 1 saturated heterocycles. The number of imidazole rings is 1. The third-order valence-corrected chi connectivity index (χ3v) is 3.52. The van der Waals surface area contributed by atoms with Gasteiger partial charge < -0.3 is 19.6 Å². The van der Waals surface area contributed by atoms with E-state index in [0.29, 0.717) is 32.0 Å². The molecular formula is C13H17N7O. The molecule has 2 aromatic heterocycles. The van der Waals surface area contributed by atoms with E-state index in [1.165, 1.54) is 0 Å². The predicted molar refractivity (Wildman–Crippen MR) is 78.6 cm³/mol. The number of hydrogen-bond acceptors (Lipinski definition) is 7. The summed E-state index contributed by atoms with van der Waals surface area (Å²) in [5, 5.41) is 8.74. The van der Waals surface area contributed by atoms with Crippen molar-refractivity contribution in [1.82, 2.24) is 14.5 Å². The number of nitriles is 1. The lowest BCUT2D eigenvalue weighted by molar-refractivity contribution is 0.123. The van der Waals surface area contributed by atoms with E-state index in [2.05, 4.69) is 26.4 Å². The van der Waals surface area contributed by atoms with E-state index < -0.39 is 0 Å². The minimum absolute atomic E-state index is 0.417. The molecule has 1 aliphatic heterocycles. The van der Waals surface area contributed by atoms with Crippen LogP contribution in [0.1, 0.15) is 6.42 Å². The SMILES string of the molecule is N#CCCn1cnc2c(N3CCOCC3)cc(NN)nc21. The molecule has 3 N–H and O–H groups in total. The number of nitrogen functional groups attached to an aromatic ring is 1. The average Bonchev–Trinajstić information content (AvgIpc) is 2.95. The van der Waals surface area contributed by atoms with E-state index in [1.807, 2.05) is 10.6 Å². The van der Waals surface area contributed by atoms with Gasteiger partial charge in [-0.2, -0.15) is 5.26 Å². The fraction of sp³-hybridized carbons (Fsp3) is 0.462. The van der Waals surface area contributed by atoms with Gasteiger partial charge in [-0.25, -0.2) is 15.8 Å². The second kappa shape index (κ2) is 5.95. The summed E-state index contributed by atoms with van der Waals surface area (Å²) >= 11 is 0. The highest BCUT2D eigenvalue weighted by Crippen LogP contribution is 2.28. The number of ether oxygens (including phenoxy) is 1. The van der Waals surface area contributed by atoms with Crippen LogP contribution >= 0.6 is 0 Å². The van der Waals surface area contributed by atoms with Crippen molar-refractivity contribution in [2.75, 3.05) is 36.6 Å². The second-order valence-electron chi connectivity index (χ2n) is 4.79. The van der Waals surface area contributed by atoms with Crippen molar-refractivity contribution in [2.45, 2.75) is 13.0 Å². The number of nitrogens with two attached hydrogens (primary N) is 1. The van der Waals surface area contributed by atoms with E-state index in [9.17, 15) is 0 Å². The zero-order valence-corrected chi connectivity index (χ0v) is 11.6. The summed E-state index contributed by atoms with van der Waals surface area (Å²) in [5.74, 6) is 6.11. The largest absolute Gasteiger partial charge is 0.378 e. The van der Waals surface area contributed by atoms with Gasteiger partial charge in [0, 0.05) is 25.7 Å². The van der Waals surface area contributed by atoms with Gasteiger partial charge in [-0.15, -0.1) is 0 Å². The number of nitrogens with one attached hydrogen (secondary N) is 1. The standard InChI is InChI=1S/C13H17N7O/c14-2-1-3-20-9-16-12-10(19-4-6-21-7-5-19)8-11(18-15)17-13(12)20/h8-9H,1,3-7,15H2,(H,17,18). The maximum Gasteiger partial charge on any atom is 0.164 e. The highest BCUT2D eigenvalue weighted by molar-refractivity contribution is 5.88. The number of pyridine rings is 1. The number of aryl methyl sites for hydroxylation is 1. The topological polar surface area (TPSA) is 105 Å². The molecule has 1 fully saturated rings. The van der Waals surface area contributed by atoms with Crippen molar-refractivity contribution in [1.29, 1.82) is 5.26 Å². The van der Waals surface area contributed by atoms with E-state index in [4.69, 9.17) is 15.8 Å². The molecule has 0 saturated carbocycles. The molecule has 2 aromatic rings. The molecule has 8 heteroatoms. The molecule has 0 spiro atoms. The van der Waals surface area contributed by atoms with Gasteiger partial charge in [0.2, 0.25) is 0 Å². The maximum absolute atomic E-state index is 8.74. The summed E-state index contributed by atoms with van der Waals surface area (Å²) in [5.41, 5.74) is 5.15. The van der Waals surface area contributed by atoms with Crippen LogP contribution in [0.15, 0.2) is 12.4 Å². The highest BCUT2D eigenvalue weighted by atomic mass is 16.5. The van der Waals surface area contributed by atoms with Gasteiger partial charge in [-0.05, 0) is 0 Å². The second-order valence-corrected chi connectivity index (χ2v) is 4.79. The number of anilines is 2. The molecule has 0 bridgehead atoms. The van der Waals surface area contributed by atoms with Crippen molar-refractivity contribution in [3.8, 4) is 6.07 Å². The fourth-order valence-corrected chi connectivity index (χ4v) is 2.47. The molecule has 3 rings (SSSR count). The molecule has 21 heavy (non-hydrogen) atoms. The fourth-order valence-electron chi connectivity index (χ4n) is 2.47. The quantitative estimate of drug-likeness (QED) is 0.622. The van der Waals surface area contributed by atoms with Crippen LogP contribution in [0.2, 0.25) is 0 Å². The molecule has 8 nitrogen and oxygen atoms in total. The lowest BCUT2D eigenvalue weighted by Gasteiger charge is -2.29. The van der Waals surface area contributed by atoms with Crippen LogP contribution in [0.5, 0.6) is 0 Å². The maximum atomic E-state index is 8.74. The monoisotopic (exact) mass is 287 g/mol. The average molecular weight is 287 g/mol. The first-order valence-corrected chi connectivity index (χ1v) is 6.85. The van der Waals surface area contributed by atoms with Crippen molar-refractivity contribution < 1.29 is 4.74 Å². The lowest BCUT2D eigenvalue weighted by atomic mass is 10.2. The summed E-state index contributed by atoms with van der Waals surface area (Å²) in [4.78, 5) is 11.1. The number of aromatic nitrogens is 3. The van der Waals surface area contributed by atoms with E-state index in [0.717, 1.165) is 29.9 Å². The van der Waals surface area contributed by atoms with Crippen LogP contribution in [0, 0.1) is 11.3 Å². The molecule has 0 aliphatic carbocycles. The van der Waals surface area contributed by atoms with Gasteiger partial charge in [-0.3, -0.25) is 0 Å². The number of hydrogen-bond donors (Lipinski definition) is 2. The van der Waals surface area contributed by atoms with Crippen LogP contribution in [0.3, 0.4) is 0 Å². The minimum atomic E-state index is 0.417. The third-order valence-electron chi connectivity index (χ3n) is 3.52. The Bertz CT molecular complexity index is 669. The molecule has 0 atom stereocenters. The van der Waals surface area contributed by atoms with E-state index in [-0.39, 0.29) is 0 Å². The Morgan fingerprint density at radius 3 is 2.95 bits per heavy atom. The number of rotatable bonds is 4. The molecule has 3 heterocycles. The van der Waals surface area contributed by atoms with Gasteiger partial charge in [0.1, 0.15) is 11.3 Å². The van der Waals surface area contributed by atoms with Crippen LogP contribution in [0.4, 0.5) is 11.5 Å².